The van der Waals surface area contributed by atoms with Crippen molar-refractivity contribution in [1.29, 1.82) is 0 Å². The van der Waals surface area contributed by atoms with Crippen LogP contribution in [0.25, 0.3) is 5.69 Å². The molecule has 0 saturated carbocycles. The predicted molar refractivity (Wildman–Crippen MR) is 74.0 cm³/mol. The van der Waals surface area contributed by atoms with Gasteiger partial charge in [0.1, 0.15) is 6.33 Å². The molecule has 1 aromatic carbocycles. The van der Waals surface area contributed by atoms with E-state index in [2.05, 4.69) is 10.1 Å². The summed E-state index contributed by atoms with van der Waals surface area (Å²) in [6.45, 7) is 1.43. The summed E-state index contributed by atoms with van der Waals surface area (Å²) in [5.41, 5.74) is 6.38. The maximum atomic E-state index is 11.4. The zero-order valence-electron chi connectivity index (χ0n) is 11.1. The van der Waals surface area contributed by atoms with Gasteiger partial charge in [-0.2, -0.15) is 0 Å². The summed E-state index contributed by atoms with van der Waals surface area (Å²) in [6, 6.07) is 9.64. The molecule has 0 spiro atoms. The molecule has 2 heterocycles. The lowest BCUT2D eigenvalue weighted by atomic mass is 10.2. The van der Waals surface area contributed by atoms with Gasteiger partial charge >= 0.3 is 0 Å². The first-order chi connectivity index (χ1) is 9.74. The molecular weight excluding hydrogens is 254 g/mol. The number of primary amides is 1. The van der Waals surface area contributed by atoms with Crippen LogP contribution >= 0.6 is 0 Å². The zero-order chi connectivity index (χ0) is 13.9. The standard InChI is InChI=1S/C14H17N5O/c15-14(20)12-7-4-8-18(12)9-13-16-10-19(17-13)11-5-2-1-3-6-11/h1-3,5-6,10,12H,4,7-9H2,(H2,15,20)/t12-/m0/s1. The van der Waals surface area contributed by atoms with Gasteiger partial charge in [0.2, 0.25) is 5.91 Å². The van der Waals surface area contributed by atoms with Crippen LogP contribution in [0, 0.1) is 0 Å². The highest BCUT2D eigenvalue weighted by Gasteiger charge is 2.29. The van der Waals surface area contributed by atoms with Crippen LogP contribution in [-0.4, -0.2) is 38.2 Å². The lowest BCUT2D eigenvalue weighted by Gasteiger charge is -2.19. The maximum absolute atomic E-state index is 11.4. The van der Waals surface area contributed by atoms with E-state index in [0.29, 0.717) is 12.4 Å². The Balaban J connectivity index is 1.73. The fourth-order valence-corrected chi connectivity index (χ4v) is 2.59. The average molecular weight is 271 g/mol. The van der Waals surface area contributed by atoms with E-state index >= 15 is 0 Å². The first-order valence-electron chi connectivity index (χ1n) is 6.73. The topological polar surface area (TPSA) is 77.0 Å². The van der Waals surface area contributed by atoms with Gasteiger partial charge in [0, 0.05) is 0 Å². The summed E-state index contributed by atoms with van der Waals surface area (Å²) < 4.78 is 1.74. The van der Waals surface area contributed by atoms with Crippen LogP contribution in [0.5, 0.6) is 0 Å². The number of hydrogen-bond acceptors (Lipinski definition) is 4. The van der Waals surface area contributed by atoms with Gasteiger partial charge in [-0.3, -0.25) is 9.69 Å². The minimum absolute atomic E-state index is 0.182. The molecule has 2 aromatic rings. The Morgan fingerprint density at radius 1 is 1.35 bits per heavy atom. The first-order valence-corrected chi connectivity index (χ1v) is 6.73. The number of benzene rings is 1. The second kappa shape index (κ2) is 5.42. The van der Waals surface area contributed by atoms with E-state index in [0.717, 1.165) is 25.1 Å². The van der Waals surface area contributed by atoms with Crippen LogP contribution in [0.3, 0.4) is 0 Å². The van der Waals surface area contributed by atoms with Gasteiger partial charge in [0.15, 0.2) is 5.82 Å². The summed E-state index contributed by atoms with van der Waals surface area (Å²) in [5.74, 6) is 0.451. The summed E-state index contributed by atoms with van der Waals surface area (Å²) >= 11 is 0. The lowest BCUT2D eigenvalue weighted by molar-refractivity contribution is -0.122. The molecule has 6 nitrogen and oxygen atoms in total. The van der Waals surface area contributed by atoms with Crippen molar-refractivity contribution in [2.45, 2.75) is 25.4 Å². The SMILES string of the molecule is NC(=O)[C@@H]1CCCN1Cc1ncn(-c2ccccc2)n1. The molecule has 1 atom stereocenters. The third-order valence-corrected chi connectivity index (χ3v) is 3.60. The van der Waals surface area contributed by atoms with E-state index < -0.39 is 0 Å². The third kappa shape index (κ3) is 2.55. The van der Waals surface area contributed by atoms with Crippen molar-refractivity contribution in [1.82, 2.24) is 19.7 Å². The molecular formula is C14H17N5O. The van der Waals surface area contributed by atoms with E-state index in [1.807, 2.05) is 35.2 Å². The van der Waals surface area contributed by atoms with E-state index in [4.69, 9.17) is 5.73 Å². The van der Waals surface area contributed by atoms with E-state index in [-0.39, 0.29) is 11.9 Å². The predicted octanol–water partition coefficient (Wildman–Crippen LogP) is 0.717. The first kappa shape index (κ1) is 12.8. The number of nitrogens with two attached hydrogens (primary N) is 1. The summed E-state index contributed by atoms with van der Waals surface area (Å²) in [4.78, 5) is 17.7. The van der Waals surface area contributed by atoms with Crippen LogP contribution in [0.1, 0.15) is 18.7 Å². The summed E-state index contributed by atoms with van der Waals surface area (Å²) in [6.07, 6.45) is 3.52. The fraction of sp³-hybridized carbons (Fsp3) is 0.357. The number of carbonyl (C=O) groups is 1. The van der Waals surface area contributed by atoms with Crippen molar-refractivity contribution in [2.24, 2.45) is 5.73 Å². The molecule has 0 radical (unpaired) electrons. The molecule has 0 aliphatic carbocycles. The van der Waals surface area contributed by atoms with Gasteiger partial charge in [-0.25, -0.2) is 9.67 Å². The van der Waals surface area contributed by atoms with Gasteiger partial charge in [-0.1, -0.05) is 18.2 Å². The number of amides is 1. The van der Waals surface area contributed by atoms with E-state index in [1.165, 1.54) is 0 Å². The maximum Gasteiger partial charge on any atom is 0.234 e. The number of likely N-dealkylation sites (tertiary alicyclic amines) is 1. The Kier molecular flexibility index (Phi) is 3.47. The van der Waals surface area contributed by atoms with Crippen molar-refractivity contribution in [3.63, 3.8) is 0 Å². The highest BCUT2D eigenvalue weighted by Crippen LogP contribution is 2.18. The number of nitrogens with zero attached hydrogens (tertiary/aromatic N) is 4. The Bertz CT molecular complexity index is 595. The number of carbonyl (C=O) groups excluding carboxylic acids is 1. The average Bonchev–Trinajstić information content (AvgIpc) is 3.09. The highest BCUT2D eigenvalue weighted by atomic mass is 16.1. The molecule has 3 rings (SSSR count). The van der Waals surface area contributed by atoms with Crippen molar-refractivity contribution < 1.29 is 4.79 Å². The van der Waals surface area contributed by atoms with Crippen LogP contribution in [0.15, 0.2) is 36.7 Å². The number of para-hydroxylation sites is 1. The minimum Gasteiger partial charge on any atom is -0.368 e. The molecule has 1 fully saturated rings. The molecule has 20 heavy (non-hydrogen) atoms. The Labute approximate surface area is 117 Å². The van der Waals surface area contributed by atoms with Gasteiger partial charge in [0.05, 0.1) is 18.3 Å². The second-order valence-electron chi connectivity index (χ2n) is 4.97. The Morgan fingerprint density at radius 3 is 2.90 bits per heavy atom. The van der Waals surface area contributed by atoms with Gasteiger partial charge < -0.3 is 5.73 Å². The molecule has 1 amide bonds. The van der Waals surface area contributed by atoms with Crippen molar-refractivity contribution >= 4 is 5.91 Å². The zero-order valence-corrected chi connectivity index (χ0v) is 11.1. The van der Waals surface area contributed by atoms with Gasteiger partial charge in [0.25, 0.3) is 0 Å². The molecule has 104 valence electrons. The van der Waals surface area contributed by atoms with Crippen LogP contribution in [0.2, 0.25) is 0 Å². The number of hydrogen-bond donors (Lipinski definition) is 1. The highest BCUT2D eigenvalue weighted by molar-refractivity contribution is 5.80. The molecule has 1 aliphatic heterocycles. The van der Waals surface area contributed by atoms with Crippen molar-refractivity contribution in [3.8, 4) is 5.69 Å². The molecule has 0 bridgehead atoms. The number of aromatic nitrogens is 3. The molecule has 0 unspecified atom stereocenters. The fourth-order valence-electron chi connectivity index (χ4n) is 2.59. The Hall–Kier alpha value is -2.21. The summed E-state index contributed by atoms with van der Waals surface area (Å²) in [5, 5.41) is 4.45. The monoisotopic (exact) mass is 271 g/mol. The molecule has 2 N–H and O–H groups in total. The van der Waals surface area contributed by atoms with Crippen molar-refractivity contribution in [2.75, 3.05) is 6.54 Å². The molecule has 1 saturated heterocycles. The van der Waals surface area contributed by atoms with Crippen molar-refractivity contribution in [3.05, 3.63) is 42.5 Å². The second-order valence-corrected chi connectivity index (χ2v) is 4.97. The Morgan fingerprint density at radius 2 is 2.15 bits per heavy atom. The quantitative estimate of drug-likeness (QED) is 0.888. The van der Waals surface area contributed by atoms with Gasteiger partial charge in [-0.15, -0.1) is 5.10 Å². The van der Waals surface area contributed by atoms with Crippen LogP contribution in [-0.2, 0) is 11.3 Å². The lowest BCUT2D eigenvalue weighted by Crippen LogP contribution is -2.40. The van der Waals surface area contributed by atoms with Crippen LogP contribution in [0.4, 0.5) is 0 Å². The largest absolute Gasteiger partial charge is 0.368 e. The molecule has 1 aromatic heterocycles. The van der Waals surface area contributed by atoms with Crippen LogP contribution < -0.4 is 5.73 Å². The van der Waals surface area contributed by atoms with E-state index in [9.17, 15) is 4.79 Å². The normalized spacial score (nSPS) is 19.3. The minimum atomic E-state index is -0.259. The third-order valence-electron chi connectivity index (χ3n) is 3.60. The molecule has 1 aliphatic rings. The molecule has 6 heteroatoms. The number of rotatable bonds is 4. The smallest absolute Gasteiger partial charge is 0.234 e. The summed E-state index contributed by atoms with van der Waals surface area (Å²) in [7, 11) is 0. The van der Waals surface area contributed by atoms with E-state index in [1.54, 1.807) is 11.0 Å². The van der Waals surface area contributed by atoms with Gasteiger partial charge in [-0.05, 0) is 31.5 Å².